The molecule has 0 spiro atoms. The van der Waals surface area contributed by atoms with Crippen LogP contribution in [-0.4, -0.2) is 38.2 Å². The molecular weight excluding hydrogens is 236 g/mol. The highest BCUT2D eigenvalue weighted by atomic mass is 16.5. The van der Waals surface area contributed by atoms with Crippen molar-refractivity contribution in [2.24, 2.45) is 0 Å². The first-order chi connectivity index (χ1) is 9.40. The molecule has 1 aliphatic rings. The van der Waals surface area contributed by atoms with E-state index in [2.05, 4.69) is 28.4 Å². The van der Waals surface area contributed by atoms with Crippen LogP contribution >= 0.6 is 0 Å². The molecule has 0 radical (unpaired) electrons. The lowest BCUT2D eigenvalue weighted by Gasteiger charge is -2.20. The summed E-state index contributed by atoms with van der Waals surface area (Å²) in [4.78, 5) is 2.54. The van der Waals surface area contributed by atoms with Gasteiger partial charge < -0.3 is 10.1 Å². The van der Waals surface area contributed by atoms with Crippen molar-refractivity contribution in [3.05, 3.63) is 29.8 Å². The first-order valence-electron chi connectivity index (χ1n) is 7.48. The van der Waals surface area contributed by atoms with Gasteiger partial charge in [-0.3, -0.25) is 4.90 Å². The standard InChI is InChI=1S/C16H26N2O/c1-17-14-15-8-4-5-9-16(15)19-13-12-18-10-6-2-3-7-11-18/h4-5,8-9,17H,2-3,6-7,10-14H2,1H3. The van der Waals surface area contributed by atoms with Crippen LogP contribution in [0.25, 0.3) is 0 Å². The highest BCUT2D eigenvalue weighted by molar-refractivity contribution is 5.33. The molecule has 1 aromatic carbocycles. The Morgan fingerprint density at radius 1 is 1.11 bits per heavy atom. The number of ether oxygens (including phenoxy) is 1. The third-order valence-corrected chi connectivity index (χ3v) is 3.70. The lowest BCUT2D eigenvalue weighted by molar-refractivity contribution is 0.213. The van der Waals surface area contributed by atoms with E-state index in [-0.39, 0.29) is 0 Å². The number of benzene rings is 1. The zero-order valence-corrected chi connectivity index (χ0v) is 12.0. The van der Waals surface area contributed by atoms with E-state index in [9.17, 15) is 0 Å². The van der Waals surface area contributed by atoms with Gasteiger partial charge in [-0.25, -0.2) is 0 Å². The summed E-state index contributed by atoms with van der Waals surface area (Å²) in [5, 5.41) is 3.18. The predicted molar refractivity (Wildman–Crippen MR) is 79.6 cm³/mol. The molecule has 0 bridgehead atoms. The molecule has 0 unspecified atom stereocenters. The molecule has 1 heterocycles. The summed E-state index contributed by atoms with van der Waals surface area (Å²) in [6.07, 6.45) is 5.47. The molecule has 3 heteroatoms. The van der Waals surface area contributed by atoms with Crippen molar-refractivity contribution in [1.29, 1.82) is 0 Å². The highest BCUT2D eigenvalue weighted by Crippen LogP contribution is 2.17. The van der Waals surface area contributed by atoms with Crippen molar-refractivity contribution in [2.75, 3.05) is 33.3 Å². The van der Waals surface area contributed by atoms with Gasteiger partial charge in [0, 0.05) is 18.7 Å². The van der Waals surface area contributed by atoms with Gasteiger partial charge in [0.25, 0.3) is 0 Å². The SMILES string of the molecule is CNCc1ccccc1OCCN1CCCCCC1. The molecule has 0 aromatic heterocycles. The second-order valence-electron chi connectivity index (χ2n) is 5.24. The molecule has 1 aliphatic heterocycles. The Bertz CT molecular complexity index is 360. The van der Waals surface area contributed by atoms with Gasteiger partial charge >= 0.3 is 0 Å². The van der Waals surface area contributed by atoms with E-state index < -0.39 is 0 Å². The molecule has 19 heavy (non-hydrogen) atoms. The summed E-state index contributed by atoms with van der Waals surface area (Å²) in [5.41, 5.74) is 1.24. The van der Waals surface area contributed by atoms with E-state index >= 15 is 0 Å². The molecule has 3 nitrogen and oxygen atoms in total. The first kappa shape index (κ1) is 14.4. The van der Waals surface area contributed by atoms with Crippen LogP contribution in [0.4, 0.5) is 0 Å². The summed E-state index contributed by atoms with van der Waals surface area (Å²) in [5.74, 6) is 1.02. The number of hydrogen-bond donors (Lipinski definition) is 1. The topological polar surface area (TPSA) is 24.5 Å². The van der Waals surface area contributed by atoms with Crippen molar-refractivity contribution in [2.45, 2.75) is 32.2 Å². The number of nitrogens with one attached hydrogen (secondary N) is 1. The average Bonchev–Trinajstić information content (AvgIpc) is 2.70. The summed E-state index contributed by atoms with van der Waals surface area (Å²) >= 11 is 0. The van der Waals surface area contributed by atoms with Crippen LogP contribution < -0.4 is 10.1 Å². The number of nitrogens with zero attached hydrogens (tertiary/aromatic N) is 1. The van der Waals surface area contributed by atoms with E-state index in [1.807, 2.05) is 13.1 Å². The predicted octanol–water partition coefficient (Wildman–Crippen LogP) is 2.66. The van der Waals surface area contributed by atoms with Gasteiger partial charge in [0.15, 0.2) is 0 Å². The number of para-hydroxylation sites is 1. The highest BCUT2D eigenvalue weighted by Gasteiger charge is 2.09. The average molecular weight is 262 g/mol. The van der Waals surface area contributed by atoms with Gasteiger partial charge in [0.1, 0.15) is 12.4 Å². The van der Waals surface area contributed by atoms with Crippen LogP contribution in [0.2, 0.25) is 0 Å². The monoisotopic (exact) mass is 262 g/mol. The number of rotatable bonds is 6. The van der Waals surface area contributed by atoms with E-state index in [4.69, 9.17) is 4.74 Å². The van der Waals surface area contributed by atoms with Crippen molar-refractivity contribution >= 4 is 0 Å². The molecular formula is C16H26N2O. The Labute approximate surface area is 116 Å². The molecule has 0 aliphatic carbocycles. The molecule has 0 atom stereocenters. The quantitative estimate of drug-likeness (QED) is 0.853. The normalized spacial score (nSPS) is 17.1. The Kier molecular flexibility index (Phi) is 6.18. The van der Waals surface area contributed by atoms with Crippen molar-refractivity contribution in [3.8, 4) is 5.75 Å². The van der Waals surface area contributed by atoms with Crippen LogP contribution in [-0.2, 0) is 6.54 Å². The molecule has 1 N–H and O–H groups in total. The summed E-state index contributed by atoms with van der Waals surface area (Å²) in [6, 6.07) is 8.29. The zero-order chi connectivity index (χ0) is 13.3. The molecule has 106 valence electrons. The Morgan fingerprint density at radius 3 is 2.58 bits per heavy atom. The third kappa shape index (κ3) is 4.84. The Hall–Kier alpha value is -1.06. The fourth-order valence-electron chi connectivity index (χ4n) is 2.63. The second-order valence-corrected chi connectivity index (χ2v) is 5.24. The molecule has 0 saturated carbocycles. The largest absolute Gasteiger partial charge is 0.492 e. The maximum atomic E-state index is 5.95. The van der Waals surface area contributed by atoms with Gasteiger partial charge in [0.05, 0.1) is 0 Å². The number of likely N-dealkylation sites (tertiary alicyclic amines) is 1. The van der Waals surface area contributed by atoms with Crippen molar-refractivity contribution < 1.29 is 4.74 Å². The Balaban J connectivity index is 1.78. The lowest BCUT2D eigenvalue weighted by atomic mass is 10.2. The van der Waals surface area contributed by atoms with E-state index in [1.165, 1.54) is 44.3 Å². The summed E-state index contributed by atoms with van der Waals surface area (Å²) < 4.78 is 5.95. The van der Waals surface area contributed by atoms with Crippen LogP contribution in [0.15, 0.2) is 24.3 Å². The Morgan fingerprint density at radius 2 is 1.84 bits per heavy atom. The first-order valence-corrected chi connectivity index (χ1v) is 7.48. The molecule has 1 saturated heterocycles. The van der Waals surface area contributed by atoms with Gasteiger partial charge in [0.2, 0.25) is 0 Å². The van der Waals surface area contributed by atoms with Gasteiger partial charge in [-0.1, -0.05) is 31.0 Å². The summed E-state index contributed by atoms with van der Waals surface area (Å²) in [6.45, 7) is 5.18. The summed E-state index contributed by atoms with van der Waals surface area (Å²) in [7, 11) is 1.97. The third-order valence-electron chi connectivity index (χ3n) is 3.70. The zero-order valence-electron chi connectivity index (χ0n) is 12.0. The van der Waals surface area contributed by atoms with Crippen molar-refractivity contribution in [3.63, 3.8) is 0 Å². The number of hydrogen-bond acceptors (Lipinski definition) is 3. The fourth-order valence-corrected chi connectivity index (χ4v) is 2.63. The van der Waals surface area contributed by atoms with Gasteiger partial charge in [-0.05, 0) is 39.0 Å². The minimum atomic E-state index is 0.792. The molecule has 1 aromatic rings. The van der Waals surface area contributed by atoms with Crippen molar-refractivity contribution in [1.82, 2.24) is 10.2 Å². The smallest absolute Gasteiger partial charge is 0.123 e. The van der Waals surface area contributed by atoms with Crippen LogP contribution in [0, 0.1) is 0 Å². The minimum absolute atomic E-state index is 0.792. The maximum absolute atomic E-state index is 5.95. The minimum Gasteiger partial charge on any atom is -0.492 e. The lowest BCUT2D eigenvalue weighted by Crippen LogP contribution is -2.29. The van der Waals surface area contributed by atoms with E-state index in [1.54, 1.807) is 0 Å². The molecule has 1 fully saturated rings. The van der Waals surface area contributed by atoms with Crippen LogP contribution in [0.5, 0.6) is 5.75 Å². The fraction of sp³-hybridized carbons (Fsp3) is 0.625. The van der Waals surface area contributed by atoms with Crippen LogP contribution in [0.1, 0.15) is 31.2 Å². The molecule has 2 rings (SSSR count). The second kappa shape index (κ2) is 8.18. The maximum Gasteiger partial charge on any atom is 0.123 e. The van der Waals surface area contributed by atoms with Crippen LogP contribution in [0.3, 0.4) is 0 Å². The van der Waals surface area contributed by atoms with Gasteiger partial charge in [-0.2, -0.15) is 0 Å². The van der Waals surface area contributed by atoms with E-state index in [0.29, 0.717) is 0 Å². The van der Waals surface area contributed by atoms with E-state index in [0.717, 1.165) is 25.4 Å². The van der Waals surface area contributed by atoms with Gasteiger partial charge in [-0.15, -0.1) is 0 Å². The molecule has 0 amide bonds.